The Balaban J connectivity index is 2.29. The highest BCUT2D eigenvalue weighted by Gasteiger charge is 2.19. The first-order valence-corrected chi connectivity index (χ1v) is 6.84. The Morgan fingerprint density at radius 3 is 2.76 bits per heavy atom. The van der Waals surface area contributed by atoms with Gasteiger partial charge in [0.1, 0.15) is 5.69 Å². The molecule has 106 valence electrons. The van der Waals surface area contributed by atoms with Gasteiger partial charge in [-0.05, 0) is 31.2 Å². The first-order valence-electron chi connectivity index (χ1n) is 6.46. The number of carbonyl (C=O) groups is 1. The lowest BCUT2D eigenvalue weighted by atomic mass is 10.2. The van der Waals surface area contributed by atoms with Gasteiger partial charge in [-0.3, -0.25) is 4.57 Å². The smallest absolute Gasteiger partial charge is 0.355 e. The molecular weight excluding hydrogens is 290 g/mol. The lowest BCUT2D eigenvalue weighted by Crippen LogP contribution is -2.12. The van der Waals surface area contributed by atoms with E-state index in [1.165, 1.54) is 0 Å². The Hall–Kier alpha value is -2.40. The summed E-state index contributed by atoms with van der Waals surface area (Å²) >= 11 is 6.06. The fraction of sp³-hybridized carbons (Fsp3) is 0.133. The van der Waals surface area contributed by atoms with Crippen LogP contribution in [0.2, 0.25) is 5.02 Å². The number of benzene rings is 1. The van der Waals surface area contributed by atoms with Crippen LogP contribution < -0.4 is 0 Å². The molecule has 21 heavy (non-hydrogen) atoms. The van der Waals surface area contributed by atoms with Gasteiger partial charge in [-0.2, -0.15) is 0 Å². The van der Waals surface area contributed by atoms with E-state index < -0.39 is 5.97 Å². The van der Waals surface area contributed by atoms with E-state index in [1.54, 1.807) is 48.1 Å². The van der Waals surface area contributed by atoms with Crippen LogP contribution in [0, 0.1) is 0 Å². The van der Waals surface area contributed by atoms with Gasteiger partial charge in [0.2, 0.25) is 5.95 Å². The fourth-order valence-corrected chi connectivity index (χ4v) is 2.32. The number of rotatable bonds is 3. The molecule has 0 aliphatic rings. The van der Waals surface area contributed by atoms with E-state index in [2.05, 4.69) is 9.97 Å². The summed E-state index contributed by atoms with van der Waals surface area (Å²) in [5.41, 5.74) is 1.14. The summed E-state index contributed by atoms with van der Waals surface area (Å²) in [6.45, 7) is 2.07. The van der Waals surface area contributed by atoms with E-state index in [1.807, 2.05) is 6.07 Å². The van der Waals surface area contributed by atoms with Gasteiger partial charge >= 0.3 is 5.97 Å². The van der Waals surface area contributed by atoms with Gasteiger partial charge in [0.05, 0.1) is 12.1 Å². The van der Waals surface area contributed by atoms with Crippen LogP contribution >= 0.6 is 11.6 Å². The van der Waals surface area contributed by atoms with Crippen molar-refractivity contribution < 1.29 is 9.53 Å². The highest BCUT2D eigenvalue weighted by atomic mass is 35.5. The quantitative estimate of drug-likeness (QED) is 0.697. The number of fused-ring (bicyclic) bond motifs is 1. The molecular formula is C15H12ClN3O2. The molecule has 2 aromatic heterocycles. The number of carbonyl (C=O) groups excluding carboxylic acids is 1. The molecule has 1 aromatic carbocycles. The minimum Gasteiger partial charge on any atom is -0.461 e. The summed E-state index contributed by atoms with van der Waals surface area (Å²) < 4.78 is 6.75. The van der Waals surface area contributed by atoms with Crippen LogP contribution in [0.1, 0.15) is 17.4 Å². The zero-order chi connectivity index (χ0) is 14.8. The van der Waals surface area contributed by atoms with E-state index in [0.29, 0.717) is 23.3 Å². The van der Waals surface area contributed by atoms with Crippen LogP contribution in [0.4, 0.5) is 0 Å². The number of hydrogen-bond acceptors (Lipinski definition) is 4. The Morgan fingerprint density at radius 2 is 2.05 bits per heavy atom. The molecule has 6 heteroatoms. The molecule has 5 nitrogen and oxygen atoms in total. The van der Waals surface area contributed by atoms with Gasteiger partial charge in [0.15, 0.2) is 0 Å². The molecule has 3 aromatic rings. The second kappa shape index (κ2) is 5.54. The van der Waals surface area contributed by atoms with Crippen molar-refractivity contribution in [1.29, 1.82) is 0 Å². The number of hydrogen-bond donors (Lipinski definition) is 0. The van der Waals surface area contributed by atoms with Crippen LogP contribution in [0.25, 0.3) is 16.9 Å². The summed E-state index contributed by atoms with van der Waals surface area (Å²) in [5, 5.41) is 1.45. The van der Waals surface area contributed by atoms with E-state index in [4.69, 9.17) is 16.3 Å². The Morgan fingerprint density at radius 1 is 1.29 bits per heavy atom. The van der Waals surface area contributed by atoms with Crippen LogP contribution in [0.5, 0.6) is 0 Å². The largest absolute Gasteiger partial charge is 0.461 e. The Bertz CT molecular complexity index is 799. The van der Waals surface area contributed by atoms with Crippen molar-refractivity contribution in [1.82, 2.24) is 14.5 Å². The van der Waals surface area contributed by atoms with Crippen molar-refractivity contribution in [2.45, 2.75) is 6.92 Å². The molecule has 0 atom stereocenters. The summed E-state index contributed by atoms with van der Waals surface area (Å²) in [6.07, 6.45) is 3.24. The minimum absolute atomic E-state index is 0.302. The first kappa shape index (κ1) is 13.6. The third-order valence-electron chi connectivity index (χ3n) is 3.00. The molecule has 0 spiro atoms. The van der Waals surface area contributed by atoms with E-state index in [-0.39, 0.29) is 0 Å². The molecule has 0 aliphatic heterocycles. The highest BCUT2D eigenvalue weighted by Crippen LogP contribution is 2.26. The molecule has 2 heterocycles. The van der Waals surface area contributed by atoms with Gasteiger partial charge in [-0.15, -0.1) is 0 Å². The monoisotopic (exact) mass is 301 g/mol. The van der Waals surface area contributed by atoms with Crippen molar-refractivity contribution in [3.05, 3.63) is 53.4 Å². The minimum atomic E-state index is -0.419. The average Bonchev–Trinajstić information content (AvgIpc) is 2.87. The Kier molecular flexibility index (Phi) is 3.58. The van der Waals surface area contributed by atoms with Gasteiger partial charge in [0, 0.05) is 22.8 Å². The second-order valence-corrected chi connectivity index (χ2v) is 4.77. The average molecular weight is 302 g/mol. The fourth-order valence-electron chi connectivity index (χ4n) is 2.15. The van der Waals surface area contributed by atoms with Crippen molar-refractivity contribution in [2.75, 3.05) is 6.61 Å². The lowest BCUT2D eigenvalue weighted by Gasteiger charge is -2.08. The summed E-state index contributed by atoms with van der Waals surface area (Å²) in [7, 11) is 0. The number of aromatic nitrogens is 3. The van der Waals surface area contributed by atoms with Crippen LogP contribution in [-0.4, -0.2) is 27.1 Å². The molecule has 3 rings (SSSR count). The van der Waals surface area contributed by atoms with E-state index >= 15 is 0 Å². The zero-order valence-corrected chi connectivity index (χ0v) is 12.0. The van der Waals surface area contributed by atoms with Crippen LogP contribution in [0.3, 0.4) is 0 Å². The van der Waals surface area contributed by atoms with Gasteiger partial charge in [0.25, 0.3) is 0 Å². The topological polar surface area (TPSA) is 57.0 Å². The van der Waals surface area contributed by atoms with Crippen LogP contribution in [-0.2, 0) is 4.74 Å². The van der Waals surface area contributed by atoms with Crippen molar-refractivity contribution in [3.8, 4) is 5.95 Å². The Labute approximate surface area is 126 Å². The van der Waals surface area contributed by atoms with Crippen molar-refractivity contribution in [2.24, 2.45) is 0 Å². The van der Waals surface area contributed by atoms with Crippen molar-refractivity contribution >= 4 is 28.5 Å². The first-order chi connectivity index (χ1) is 10.2. The number of esters is 1. The maximum atomic E-state index is 12.2. The molecule has 0 bridgehead atoms. The van der Waals surface area contributed by atoms with Crippen molar-refractivity contribution in [3.63, 3.8) is 0 Å². The number of nitrogens with zero attached hydrogens (tertiary/aromatic N) is 3. The summed E-state index contributed by atoms with van der Waals surface area (Å²) in [4.78, 5) is 20.6. The second-order valence-electron chi connectivity index (χ2n) is 4.34. The standard InChI is InChI=1S/C15H12ClN3O2/c1-2-21-14(20)13-8-10-4-5-11(16)9-12(10)19(13)15-17-6-3-7-18-15/h3-9H,2H2,1H3. The molecule has 0 unspecified atom stereocenters. The van der Waals surface area contributed by atoms with Gasteiger partial charge < -0.3 is 4.74 Å². The number of halogens is 1. The maximum absolute atomic E-state index is 12.2. The third kappa shape index (κ3) is 2.48. The molecule has 0 saturated carbocycles. The molecule has 0 aliphatic carbocycles. The molecule has 0 N–H and O–H groups in total. The molecule has 0 radical (unpaired) electrons. The molecule has 0 amide bonds. The summed E-state index contributed by atoms with van der Waals surface area (Å²) in [5.74, 6) is -0.0184. The van der Waals surface area contributed by atoms with E-state index in [9.17, 15) is 4.79 Å². The SMILES string of the molecule is CCOC(=O)c1cc2ccc(Cl)cc2n1-c1ncccn1. The predicted octanol–water partition coefficient (Wildman–Crippen LogP) is 3.25. The van der Waals surface area contributed by atoms with E-state index in [0.717, 1.165) is 10.9 Å². The van der Waals surface area contributed by atoms with Crippen LogP contribution in [0.15, 0.2) is 42.7 Å². The zero-order valence-electron chi connectivity index (χ0n) is 11.3. The lowest BCUT2D eigenvalue weighted by molar-refractivity contribution is 0.0517. The predicted molar refractivity (Wildman–Crippen MR) is 79.8 cm³/mol. The normalized spacial score (nSPS) is 10.8. The third-order valence-corrected chi connectivity index (χ3v) is 3.24. The van der Waals surface area contributed by atoms with Gasteiger partial charge in [-0.25, -0.2) is 14.8 Å². The van der Waals surface area contributed by atoms with Gasteiger partial charge in [-0.1, -0.05) is 17.7 Å². The maximum Gasteiger partial charge on any atom is 0.355 e. The number of ether oxygens (including phenoxy) is 1. The summed E-state index contributed by atoms with van der Waals surface area (Å²) in [6, 6.07) is 8.86. The molecule has 0 fully saturated rings. The highest BCUT2D eigenvalue weighted by molar-refractivity contribution is 6.31. The molecule has 0 saturated heterocycles.